The summed E-state index contributed by atoms with van der Waals surface area (Å²) >= 11 is 0. The number of ether oxygens (including phenoxy) is 2. The van der Waals surface area contributed by atoms with Crippen molar-refractivity contribution in [3.05, 3.63) is 95.7 Å². The molecule has 5 nitrogen and oxygen atoms in total. The fourth-order valence-electron chi connectivity index (χ4n) is 3.79. The van der Waals surface area contributed by atoms with Gasteiger partial charge >= 0.3 is 5.97 Å². The molecule has 0 aliphatic heterocycles. The van der Waals surface area contributed by atoms with Crippen molar-refractivity contribution in [2.45, 2.75) is 45.8 Å². The van der Waals surface area contributed by atoms with Crippen molar-refractivity contribution in [3.63, 3.8) is 0 Å². The smallest absolute Gasteiger partial charge is 0.306 e. The predicted octanol–water partition coefficient (Wildman–Crippen LogP) is 6.11. The first kappa shape index (κ1) is 22.6. The molecule has 0 aliphatic rings. The van der Waals surface area contributed by atoms with Gasteiger partial charge in [0.05, 0.1) is 24.4 Å². The predicted molar refractivity (Wildman–Crippen MR) is 130 cm³/mol. The molecule has 0 unspecified atom stereocenters. The average Bonchev–Trinajstić information content (AvgIpc) is 3.20. The number of nitrogens with zero attached hydrogens (tertiary/aromatic N) is 2. The van der Waals surface area contributed by atoms with Crippen LogP contribution in [0.5, 0.6) is 5.75 Å². The summed E-state index contributed by atoms with van der Waals surface area (Å²) in [6, 6.07) is 26.1. The second kappa shape index (κ2) is 10.8. The first-order valence-electron chi connectivity index (χ1n) is 11.5. The van der Waals surface area contributed by atoms with Gasteiger partial charge in [0.15, 0.2) is 0 Å². The van der Waals surface area contributed by atoms with Crippen LogP contribution in [0.4, 0.5) is 0 Å². The van der Waals surface area contributed by atoms with Crippen molar-refractivity contribution >= 4 is 16.9 Å². The molecule has 0 amide bonds. The molecule has 0 bridgehead atoms. The number of fused-ring (bicyclic) bond motifs is 1. The highest BCUT2D eigenvalue weighted by molar-refractivity contribution is 5.84. The van der Waals surface area contributed by atoms with Crippen molar-refractivity contribution in [1.29, 1.82) is 0 Å². The molecule has 3 aromatic carbocycles. The molecule has 0 saturated heterocycles. The van der Waals surface area contributed by atoms with Gasteiger partial charge in [0.2, 0.25) is 0 Å². The Balaban J connectivity index is 1.36. The Kier molecular flexibility index (Phi) is 7.40. The summed E-state index contributed by atoms with van der Waals surface area (Å²) in [5.74, 6) is 0.906. The Bertz CT molecular complexity index is 1180. The van der Waals surface area contributed by atoms with E-state index in [1.165, 1.54) is 5.56 Å². The van der Waals surface area contributed by atoms with Gasteiger partial charge in [-0.2, -0.15) is 5.10 Å². The second-order valence-electron chi connectivity index (χ2n) is 8.46. The van der Waals surface area contributed by atoms with Crippen LogP contribution in [-0.4, -0.2) is 22.4 Å². The summed E-state index contributed by atoms with van der Waals surface area (Å²) < 4.78 is 13.3. The molecule has 0 spiro atoms. The van der Waals surface area contributed by atoms with Gasteiger partial charge < -0.3 is 9.47 Å². The lowest BCUT2D eigenvalue weighted by Crippen LogP contribution is -2.07. The minimum absolute atomic E-state index is 0.208. The maximum absolute atomic E-state index is 12.0. The minimum atomic E-state index is -0.208. The van der Waals surface area contributed by atoms with Crippen molar-refractivity contribution in [2.75, 3.05) is 6.61 Å². The summed E-state index contributed by atoms with van der Waals surface area (Å²) in [5.41, 5.74) is 4.34. The molecular weight excluding hydrogens is 412 g/mol. The molecule has 0 atom stereocenters. The zero-order valence-corrected chi connectivity index (χ0v) is 19.2. The number of rotatable bonds is 10. The van der Waals surface area contributed by atoms with E-state index >= 15 is 0 Å². The van der Waals surface area contributed by atoms with Gasteiger partial charge in [0, 0.05) is 17.9 Å². The Hall–Kier alpha value is -3.60. The van der Waals surface area contributed by atoms with Gasteiger partial charge in [-0.3, -0.25) is 9.48 Å². The Morgan fingerprint density at radius 3 is 2.33 bits per heavy atom. The van der Waals surface area contributed by atoms with Crippen molar-refractivity contribution < 1.29 is 14.3 Å². The topological polar surface area (TPSA) is 53.4 Å². The monoisotopic (exact) mass is 442 g/mol. The molecule has 5 heteroatoms. The van der Waals surface area contributed by atoms with Crippen molar-refractivity contribution in [2.24, 2.45) is 0 Å². The normalized spacial score (nSPS) is 11.1. The van der Waals surface area contributed by atoms with E-state index in [-0.39, 0.29) is 5.97 Å². The lowest BCUT2D eigenvalue weighted by atomic mass is 10.1. The number of aromatic nitrogens is 2. The van der Waals surface area contributed by atoms with Crippen molar-refractivity contribution in [1.82, 2.24) is 9.78 Å². The number of esters is 1. The molecule has 170 valence electrons. The quantitative estimate of drug-likeness (QED) is 0.220. The van der Waals surface area contributed by atoms with Gasteiger partial charge in [-0.25, -0.2) is 0 Å². The number of hydrogen-bond donors (Lipinski definition) is 0. The average molecular weight is 443 g/mol. The molecule has 1 aromatic heterocycles. The van der Waals surface area contributed by atoms with Gasteiger partial charge in [0.25, 0.3) is 0 Å². The Morgan fingerprint density at radius 1 is 0.939 bits per heavy atom. The largest absolute Gasteiger partial charge is 0.494 e. The van der Waals surface area contributed by atoms with E-state index in [0.29, 0.717) is 38.5 Å². The van der Waals surface area contributed by atoms with Crippen LogP contribution >= 0.6 is 0 Å². The Labute approximate surface area is 195 Å². The van der Waals surface area contributed by atoms with Crippen LogP contribution < -0.4 is 4.74 Å². The van der Waals surface area contributed by atoms with Gasteiger partial charge in [0.1, 0.15) is 12.4 Å². The fourth-order valence-corrected chi connectivity index (χ4v) is 3.79. The third kappa shape index (κ3) is 6.01. The number of carbonyl (C=O) groups excluding carboxylic acids is 1. The van der Waals surface area contributed by atoms with E-state index in [2.05, 4.69) is 32.0 Å². The summed E-state index contributed by atoms with van der Waals surface area (Å²) in [4.78, 5) is 12.0. The highest BCUT2D eigenvalue weighted by Crippen LogP contribution is 2.29. The third-order valence-electron chi connectivity index (χ3n) is 5.51. The molecule has 0 aliphatic carbocycles. The molecule has 0 radical (unpaired) electrons. The highest BCUT2D eigenvalue weighted by Gasteiger charge is 2.15. The van der Waals surface area contributed by atoms with Crippen molar-refractivity contribution in [3.8, 4) is 5.75 Å². The first-order chi connectivity index (χ1) is 16.1. The zero-order chi connectivity index (χ0) is 23.0. The fraction of sp³-hybridized carbons (Fsp3) is 0.286. The standard InChI is InChI=1S/C28H30N2O3/c1-21(2)28-25-16-15-24(18-26(25)30(29-28)19-22-10-5-3-6-11-22)32-17-9-14-27(31)33-20-23-12-7-4-8-13-23/h3-8,10-13,15-16,18,21H,9,14,17,19-20H2,1-2H3. The van der Waals surface area contributed by atoms with Crippen LogP contribution in [0.2, 0.25) is 0 Å². The van der Waals surface area contributed by atoms with E-state index in [1.54, 1.807) is 0 Å². The number of benzene rings is 3. The molecule has 4 aromatic rings. The summed E-state index contributed by atoms with van der Waals surface area (Å²) in [6.45, 7) is 5.79. The molecule has 0 N–H and O–H groups in total. The summed E-state index contributed by atoms with van der Waals surface area (Å²) in [7, 11) is 0. The van der Waals surface area contributed by atoms with Crippen LogP contribution in [0, 0.1) is 0 Å². The maximum Gasteiger partial charge on any atom is 0.306 e. The molecular formula is C28H30N2O3. The molecule has 1 heterocycles. The third-order valence-corrected chi connectivity index (χ3v) is 5.51. The van der Waals surface area contributed by atoms with Crippen LogP contribution in [0.25, 0.3) is 10.9 Å². The zero-order valence-electron chi connectivity index (χ0n) is 19.2. The van der Waals surface area contributed by atoms with E-state index in [0.717, 1.165) is 27.9 Å². The lowest BCUT2D eigenvalue weighted by molar-refractivity contribution is -0.145. The number of hydrogen-bond acceptors (Lipinski definition) is 4. The molecule has 0 fully saturated rings. The highest BCUT2D eigenvalue weighted by atomic mass is 16.5. The lowest BCUT2D eigenvalue weighted by Gasteiger charge is -2.08. The Morgan fingerprint density at radius 2 is 1.64 bits per heavy atom. The van der Waals surface area contributed by atoms with Gasteiger partial charge in [-0.1, -0.05) is 74.5 Å². The summed E-state index contributed by atoms with van der Waals surface area (Å²) in [5, 5.41) is 6.04. The first-order valence-corrected chi connectivity index (χ1v) is 11.5. The van der Waals surface area contributed by atoms with E-state index in [9.17, 15) is 4.79 Å². The number of carbonyl (C=O) groups is 1. The van der Waals surface area contributed by atoms with Crippen LogP contribution in [0.1, 0.15) is 49.4 Å². The summed E-state index contributed by atoms with van der Waals surface area (Å²) in [6.07, 6.45) is 0.935. The minimum Gasteiger partial charge on any atom is -0.494 e. The van der Waals surface area contributed by atoms with Gasteiger partial charge in [-0.05, 0) is 35.6 Å². The van der Waals surface area contributed by atoms with E-state index in [1.807, 2.05) is 65.3 Å². The molecule has 4 rings (SSSR count). The molecule has 0 saturated carbocycles. The van der Waals surface area contributed by atoms with Gasteiger partial charge in [-0.15, -0.1) is 0 Å². The van der Waals surface area contributed by atoms with Crippen LogP contribution in [0.3, 0.4) is 0 Å². The van der Waals surface area contributed by atoms with E-state index < -0.39 is 0 Å². The van der Waals surface area contributed by atoms with Crippen LogP contribution in [0.15, 0.2) is 78.9 Å². The van der Waals surface area contributed by atoms with Crippen LogP contribution in [-0.2, 0) is 22.7 Å². The van der Waals surface area contributed by atoms with E-state index in [4.69, 9.17) is 14.6 Å². The SMILES string of the molecule is CC(C)c1nn(Cc2ccccc2)c2cc(OCCCC(=O)OCc3ccccc3)ccc12. The molecule has 33 heavy (non-hydrogen) atoms. The maximum atomic E-state index is 12.0. The second-order valence-corrected chi connectivity index (χ2v) is 8.46.